The van der Waals surface area contributed by atoms with Crippen LogP contribution in [0.1, 0.15) is 29.8 Å². The predicted molar refractivity (Wildman–Crippen MR) is 80.2 cm³/mol. The molecule has 2 aromatic heterocycles. The molecular formula is C14H19N4P. The first-order valence-corrected chi connectivity index (χ1v) is 7.33. The van der Waals surface area contributed by atoms with Gasteiger partial charge in [0.2, 0.25) is 0 Å². The van der Waals surface area contributed by atoms with Crippen molar-refractivity contribution in [3.05, 3.63) is 41.6 Å². The fourth-order valence-electron chi connectivity index (χ4n) is 2.53. The Morgan fingerprint density at radius 3 is 3.11 bits per heavy atom. The lowest BCUT2D eigenvalue weighted by atomic mass is 10.1. The highest BCUT2D eigenvalue weighted by Gasteiger charge is 2.15. The summed E-state index contributed by atoms with van der Waals surface area (Å²) in [4.78, 5) is 12.0. The first-order chi connectivity index (χ1) is 9.33. The van der Waals surface area contributed by atoms with E-state index in [2.05, 4.69) is 36.2 Å². The molecule has 0 saturated heterocycles. The van der Waals surface area contributed by atoms with Crippen molar-refractivity contribution in [2.75, 3.05) is 11.2 Å². The van der Waals surface area contributed by atoms with Crippen LogP contribution in [0.4, 0.5) is 5.82 Å². The Morgan fingerprint density at radius 1 is 1.32 bits per heavy atom. The van der Waals surface area contributed by atoms with Crippen molar-refractivity contribution < 1.29 is 0 Å². The van der Waals surface area contributed by atoms with Gasteiger partial charge in [-0.1, -0.05) is 6.07 Å². The second-order valence-electron chi connectivity index (χ2n) is 5.01. The largest absolute Gasteiger partial charge is 0.348 e. The SMILES string of the molecule is PN1CCCc2ccc(CCCc3cnc[nH]3)nc21. The summed E-state index contributed by atoms with van der Waals surface area (Å²) in [5.41, 5.74) is 3.76. The molecular weight excluding hydrogens is 255 g/mol. The molecule has 2 aromatic rings. The minimum atomic E-state index is 1.02. The van der Waals surface area contributed by atoms with Gasteiger partial charge in [-0.3, -0.25) is 0 Å². The Bertz CT molecular complexity index is 538. The van der Waals surface area contributed by atoms with E-state index in [9.17, 15) is 0 Å². The van der Waals surface area contributed by atoms with E-state index in [4.69, 9.17) is 4.98 Å². The highest BCUT2D eigenvalue weighted by molar-refractivity contribution is 7.19. The van der Waals surface area contributed by atoms with Crippen LogP contribution in [-0.2, 0) is 19.3 Å². The number of aromatic nitrogens is 3. The molecule has 0 spiro atoms. The van der Waals surface area contributed by atoms with Gasteiger partial charge >= 0.3 is 0 Å². The van der Waals surface area contributed by atoms with Gasteiger partial charge < -0.3 is 9.65 Å². The van der Waals surface area contributed by atoms with Crippen LogP contribution in [0, 0.1) is 0 Å². The fourth-order valence-corrected chi connectivity index (χ4v) is 2.93. The van der Waals surface area contributed by atoms with Crippen LogP contribution < -0.4 is 4.67 Å². The molecule has 0 aliphatic carbocycles. The lowest BCUT2D eigenvalue weighted by Crippen LogP contribution is -2.20. The molecule has 19 heavy (non-hydrogen) atoms. The zero-order chi connectivity index (χ0) is 13.1. The monoisotopic (exact) mass is 274 g/mol. The summed E-state index contributed by atoms with van der Waals surface area (Å²) < 4.78 is 2.19. The molecule has 0 aromatic carbocycles. The maximum absolute atomic E-state index is 4.79. The van der Waals surface area contributed by atoms with Crippen LogP contribution in [0.15, 0.2) is 24.7 Å². The molecule has 0 radical (unpaired) electrons. The summed E-state index contributed by atoms with van der Waals surface area (Å²) >= 11 is 0. The van der Waals surface area contributed by atoms with Crippen LogP contribution in [0.5, 0.6) is 0 Å². The van der Waals surface area contributed by atoms with Crippen LogP contribution in [-0.4, -0.2) is 21.5 Å². The van der Waals surface area contributed by atoms with Crippen molar-refractivity contribution >= 4 is 15.2 Å². The highest BCUT2D eigenvalue weighted by Crippen LogP contribution is 2.27. The number of pyridine rings is 1. The van der Waals surface area contributed by atoms with Gasteiger partial charge in [-0.25, -0.2) is 9.97 Å². The molecule has 3 rings (SSSR count). The number of anilines is 1. The number of hydrogen-bond donors (Lipinski definition) is 1. The molecule has 1 unspecified atom stereocenters. The number of rotatable bonds is 4. The molecule has 3 heterocycles. The number of aromatic amines is 1. The molecule has 1 aliphatic rings. The van der Waals surface area contributed by atoms with Crippen molar-refractivity contribution in [3.63, 3.8) is 0 Å². The van der Waals surface area contributed by atoms with Gasteiger partial charge in [0.25, 0.3) is 0 Å². The van der Waals surface area contributed by atoms with Crippen molar-refractivity contribution in [1.82, 2.24) is 15.0 Å². The third-order valence-corrected chi connectivity index (χ3v) is 4.07. The zero-order valence-corrected chi connectivity index (χ0v) is 12.1. The second-order valence-corrected chi connectivity index (χ2v) is 5.64. The minimum absolute atomic E-state index is 1.02. The van der Waals surface area contributed by atoms with Crippen LogP contribution in [0.2, 0.25) is 0 Å². The van der Waals surface area contributed by atoms with E-state index < -0.39 is 0 Å². The molecule has 0 fully saturated rings. The molecule has 0 bridgehead atoms. The summed E-state index contributed by atoms with van der Waals surface area (Å²) in [6.45, 7) is 1.09. The molecule has 1 N–H and O–H groups in total. The van der Waals surface area contributed by atoms with E-state index in [1.807, 2.05) is 6.20 Å². The maximum atomic E-state index is 4.79. The average Bonchev–Trinajstić information content (AvgIpc) is 2.93. The second kappa shape index (κ2) is 5.70. The predicted octanol–water partition coefficient (Wildman–Crippen LogP) is 2.52. The Kier molecular flexibility index (Phi) is 3.79. The van der Waals surface area contributed by atoms with Crippen molar-refractivity contribution in [2.24, 2.45) is 0 Å². The van der Waals surface area contributed by atoms with E-state index >= 15 is 0 Å². The maximum Gasteiger partial charge on any atom is 0.134 e. The fraction of sp³-hybridized carbons (Fsp3) is 0.429. The average molecular weight is 274 g/mol. The Balaban J connectivity index is 1.63. The summed E-state index contributed by atoms with van der Waals surface area (Å²) in [6.07, 6.45) is 9.15. The topological polar surface area (TPSA) is 44.8 Å². The number of nitrogens with one attached hydrogen (secondary N) is 1. The number of H-pyrrole nitrogens is 1. The third-order valence-electron chi connectivity index (χ3n) is 3.56. The summed E-state index contributed by atoms with van der Waals surface area (Å²) in [7, 11) is 2.78. The van der Waals surface area contributed by atoms with E-state index in [0.717, 1.165) is 38.0 Å². The first-order valence-electron chi connectivity index (χ1n) is 6.81. The number of aryl methyl sites for hydroxylation is 3. The van der Waals surface area contributed by atoms with Gasteiger partial charge in [-0.05, 0) is 53.1 Å². The van der Waals surface area contributed by atoms with Crippen molar-refractivity contribution in [2.45, 2.75) is 32.1 Å². The molecule has 100 valence electrons. The third kappa shape index (κ3) is 2.95. The Morgan fingerprint density at radius 2 is 2.26 bits per heavy atom. The van der Waals surface area contributed by atoms with Gasteiger partial charge in [0, 0.05) is 24.1 Å². The molecule has 1 aliphatic heterocycles. The number of hydrogen-bond acceptors (Lipinski definition) is 3. The minimum Gasteiger partial charge on any atom is -0.348 e. The lowest BCUT2D eigenvalue weighted by Gasteiger charge is -2.26. The molecule has 0 saturated carbocycles. The van der Waals surface area contributed by atoms with Gasteiger partial charge in [0.15, 0.2) is 0 Å². The molecule has 0 amide bonds. The summed E-state index contributed by atoms with van der Waals surface area (Å²) in [5, 5.41) is 0. The highest BCUT2D eigenvalue weighted by atomic mass is 31.0. The Hall–Kier alpha value is -1.41. The summed E-state index contributed by atoms with van der Waals surface area (Å²) in [6, 6.07) is 4.42. The van der Waals surface area contributed by atoms with E-state index in [0.29, 0.717) is 0 Å². The van der Waals surface area contributed by atoms with E-state index in [-0.39, 0.29) is 0 Å². The van der Waals surface area contributed by atoms with Gasteiger partial charge in [-0.2, -0.15) is 0 Å². The standard InChI is InChI=1S/C14H19N4P/c19-18-8-2-3-11-6-7-12(17-14(11)18)4-1-5-13-9-15-10-16-13/h6-7,9-10H,1-5,8,19H2,(H,15,16). The zero-order valence-electron chi connectivity index (χ0n) is 11.0. The van der Waals surface area contributed by atoms with Crippen molar-refractivity contribution in [3.8, 4) is 0 Å². The first kappa shape index (κ1) is 12.6. The van der Waals surface area contributed by atoms with E-state index in [1.54, 1.807) is 6.33 Å². The van der Waals surface area contributed by atoms with Gasteiger partial charge in [-0.15, -0.1) is 0 Å². The quantitative estimate of drug-likeness (QED) is 0.871. The summed E-state index contributed by atoms with van der Waals surface area (Å²) in [5.74, 6) is 1.15. The van der Waals surface area contributed by atoms with E-state index in [1.165, 1.54) is 23.4 Å². The Labute approximate surface area is 115 Å². The number of nitrogens with zero attached hydrogens (tertiary/aromatic N) is 3. The molecule has 1 atom stereocenters. The normalized spacial score (nSPS) is 14.5. The van der Waals surface area contributed by atoms with Crippen molar-refractivity contribution in [1.29, 1.82) is 0 Å². The number of fused-ring (bicyclic) bond motifs is 1. The van der Waals surface area contributed by atoms with Crippen LogP contribution >= 0.6 is 9.39 Å². The van der Waals surface area contributed by atoms with Crippen LogP contribution in [0.25, 0.3) is 0 Å². The van der Waals surface area contributed by atoms with Gasteiger partial charge in [0.1, 0.15) is 5.82 Å². The van der Waals surface area contributed by atoms with Crippen LogP contribution in [0.3, 0.4) is 0 Å². The molecule has 4 nitrogen and oxygen atoms in total. The van der Waals surface area contributed by atoms with Gasteiger partial charge in [0.05, 0.1) is 6.33 Å². The lowest BCUT2D eigenvalue weighted by molar-refractivity contribution is 0.755. The smallest absolute Gasteiger partial charge is 0.134 e. The molecule has 5 heteroatoms. The number of imidazole rings is 1.